The molecule has 1 heteroatoms. The molecular formula is C12H19N. The maximum atomic E-state index is 5.57. The van der Waals surface area contributed by atoms with Crippen molar-refractivity contribution in [3.8, 4) is 0 Å². The minimum absolute atomic E-state index is 0.739. The van der Waals surface area contributed by atoms with E-state index in [-0.39, 0.29) is 0 Å². The Morgan fingerprint density at radius 1 is 1.00 bits per heavy atom. The molecule has 0 saturated carbocycles. The normalized spacial score (nSPS) is 10.5. The van der Waals surface area contributed by atoms with E-state index >= 15 is 0 Å². The van der Waals surface area contributed by atoms with Gasteiger partial charge in [-0.2, -0.15) is 0 Å². The van der Waals surface area contributed by atoms with Crippen molar-refractivity contribution < 1.29 is 0 Å². The Kier molecular flexibility index (Phi) is 3.10. The summed E-state index contributed by atoms with van der Waals surface area (Å²) in [4.78, 5) is 0. The SMILES string of the molecule is Cc1cc(CCN)c(C)c(C)c1C. The lowest BCUT2D eigenvalue weighted by Crippen LogP contribution is -2.06. The predicted molar refractivity (Wildman–Crippen MR) is 58.1 cm³/mol. The first kappa shape index (κ1) is 10.3. The second-order valence-corrected chi connectivity index (χ2v) is 3.77. The van der Waals surface area contributed by atoms with Gasteiger partial charge in [-0.1, -0.05) is 6.07 Å². The van der Waals surface area contributed by atoms with Crippen LogP contribution in [0.3, 0.4) is 0 Å². The lowest BCUT2D eigenvalue weighted by atomic mass is 9.93. The minimum Gasteiger partial charge on any atom is -0.330 e. The molecule has 0 radical (unpaired) electrons. The molecule has 1 rings (SSSR count). The number of nitrogens with two attached hydrogens (primary N) is 1. The fraction of sp³-hybridized carbons (Fsp3) is 0.500. The zero-order valence-corrected chi connectivity index (χ0v) is 9.07. The van der Waals surface area contributed by atoms with E-state index in [1.165, 1.54) is 27.8 Å². The third-order valence-corrected chi connectivity index (χ3v) is 3.00. The third-order valence-electron chi connectivity index (χ3n) is 3.00. The van der Waals surface area contributed by atoms with Gasteiger partial charge in [-0.05, 0) is 68.5 Å². The lowest BCUT2D eigenvalue weighted by Gasteiger charge is -2.13. The van der Waals surface area contributed by atoms with Crippen molar-refractivity contribution in [1.29, 1.82) is 0 Å². The molecule has 0 spiro atoms. The van der Waals surface area contributed by atoms with E-state index in [1.807, 2.05) is 0 Å². The van der Waals surface area contributed by atoms with E-state index in [9.17, 15) is 0 Å². The van der Waals surface area contributed by atoms with Crippen LogP contribution in [0, 0.1) is 27.7 Å². The highest BCUT2D eigenvalue weighted by atomic mass is 14.5. The first-order valence-corrected chi connectivity index (χ1v) is 4.84. The Morgan fingerprint density at radius 2 is 1.62 bits per heavy atom. The quantitative estimate of drug-likeness (QED) is 0.737. The number of benzene rings is 1. The Morgan fingerprint density at radius 3 is 2.15 bits per heavy atom. The van der Waals surface area contributed by atoms with Gasteiger partial charge in [0.2, 0.25) is 0 Å². The zero-order valence-electron chi connectivity index (χ0n) is 9.07. The van der Waals surface area contributed by atoms with Gasteiger partial charge in [-0.15, -0.1) is 0 Å². The van der Waals surface area contributed by atoms with Gasteiger partial charge in [0.05, 0.1) is 0 Å². The molecule has 0 saturated heterocycles. The Hall–Kier alpha value is -0.820. The van der Waals surface area contributed by atoms with Crippen LogP contribution in [0.15, 0.2) is 6.07 Å². The molecule has 72 valence electrons. The highest BCUT2D eigenvalue weighted by Gasteiger charge is 2.05. The molecule has 0 fully saturated rings. The fourth-order valence-corrected chi connectivity index (χ4v) is 1.71. The molecule has 0 aromatic heterocycles. The zero-order chi connectivity index (χ0) is 10.0. The van der Waals surface area contributed by atoms with Gasteiger partial charge in [-0.25, -0.2) is 0 Å². The van der Waals surface area contributed by atoms with Gasteiger partial charge in [0.25, 0.3) is 0 Å². The summed E-state index contributed by atoms with van der Waals surface area (Å²) in [5.41, 5.74) is 12.6. The summed E-state index contributed by atoms with van der Waals surface area (Å²) in [7, 11) is 0. The summed E-state index contributed by atoms with van der Waals surface area (Å²) in [5.74, 6) is 0. The van der Waals surface area contributed by atoms with Crippen LogP contribution in [-0.4, -0.2) is 6.54 Å². The molecule has 0 aliphatic carbocycles. The molecule has 0 heterocycles. The van der Waals surface area contributed by atoms with Gasteiger partial charge < -0.3 is 5.73 Å². The van der Waals surface area contributed by atoms with E-state index in [0.717, 1.165) is 13.0 Å². The molecule has 0 unspecified atom stereocenters. The van der Waals surface area contributed by atoms with Crippen molar-refractivity contribution in [3.05, 3.63) is 33.9 Å². The second kappa shape index (κ2) is 3.93. The topological polar surface area (TPSA) is 26.0 Å². The van der Waals surface area contributed by atoms with Crippen molar-refractivity contribution in [2.24, 2.45) is 5.73 Å². The highest BCUT2D eigenvalue weighted by molar-refractivity contribution is 5.43. The van der Waals surface area contributed by atoms with Crippen LogP contribution in [-0.2, 0) is 6.42 Å². The van der Waals surface area contributed by atoms with E-state index < -0.39 is 0 Å². The Bertz CT molecular complexity index is 313. The van der Waals surface area contributed by atoms with Gasteiger partial charge in [0, 0.05) is 0 Å². The highest BCUT2D eigenvalue weighted by Crippen LogP contribution is 2.21. The smallest absolute Gasteiger partial charge is 0.00366 e. The fourth-order valence-electron chi connectivity index (χ4n) is 1.71. The van der Waals surface area contributed by atoms with Crippen molar-refractivity contribution in [2.45, 2.75) is 34.1 Å². The number of rotatable bonds is 2. The summed E-state index contributed by atoms with van der Waals surface area (Å²) in [6, 6.07) is 2.27. The van der Waals surface area contributed by atoms with Crippen LogP contribution >= 0.6 is 0 Å². The number of hydrogen-bond acceptors (Lipinski definition) is 1. The average Bonchev–Trinajstić information content (AvgIpc) is 2.11. The predicted octanol–water partition coefficient (Wildman–Crippen LogP) is 2.42. The molecule has 1 aromatic rings. The van der Waals surface area contributed by atoms with E-state index in [0.29, 0.717) is 0 Å². The summed E-state index contributed by atoms with van der Waals surface area (Å²) in [6.45, 7) is 9.47. The van der Waals surface area contributed by atoms with Crippen LogP contribution in [0.2, 0.25) is 0 Å². The Balaban J connectivity index is 3.24. The van der Waals surface area contributed by atoms with E-state index in [1.54, 1.807) is 0 Å². The lowest BCUT2D eigenvalue weighted by molar-refractivity contribution is 0.948. The molecule has 1 nitrogen and oxygen atoms in total. The summed E-state index contributed by atoms with van der Waals surface area (Å²) in [6.07, 6.45) is 0.994. The third kappa shape index (κ3) is 1.92. The molecule has 2 N–H and O–H groups in total. The first-order valence-electron chi connectivity index (χ1n) is 4.84. The van der Waals surface area contributed by atoms with Crippen LogP contribution < -0.4 is 5.73 Å². The minimum atomic E-state index is 0.739. The van der Waals surface area contributed by atoms with Crippen molar-refractivity contribution in [3.63, 3.8) is 0 Å². The standard InChI is InChI=1S/C12H19N/c1-8-7-12(5-6-13)11(4)10(3)9(8)2/h7H,5-6,13H2,1-4H3. The largest absolute Gasteiger partial charge is 0.330 e. The van der Waals surface area contributed by atoms with Gasteiger partial charge >= 0.3 is 0 Å². The number of aryl methyl sites for hydroxylation is 1. The van der Waals surface area contributed by atoms with Crippen molar-refractivity contribution in [1.82, 2.24) is 0 Å². The van der Waals surface area contributed by atoms with Crippen molar-refractivity contribution in [2.75, 3.05) is 6.54 Å². The summed E-state index contributed by atoms with van der Waals surface area (Å²) in [5, 5.41) is 0. The van der Waals surface area contributed by atoms with Gasteiger partial charge in [0.1, 0.15) is 0 Å². The number of hydrogen-bond donors (Lipinski definition) is 1. The van der Waals surface area contributed by atoms with E-state index in [2.05, 4.69) is 33.8 Å². The molecule has 0 amide bonds. The Labute approximate surface area is 81.0 Å². The molecule has 0 atom stereocenters. The van der Waals surface area contributed by atoms with E-state index in [4.69, 9.17) is 5.73 Å². The van der Waals surface area contributed by atoms with Crippen LogP contribution in [0.5, 0.6) is 0 Å². The molecule has 1 aromatic carbocycles. The van der Waals surface area contributed by atoms with Gasteiger partial charge in [0.15, 0.2) is 0 Å². The first-order chi connectivity index (χ1) is 6.07. The van der Waals surface area contributed by atoms with Gasteiger partial charge in [-0.3, -0.25) is 0 Å². The van der Waals surface area contributed by atoms with Crippen LogP contribution in [0.25, 0.3) is 0 Å². The summed E-state index contributed by atoms with van der Waals surface area (Å²) < 4.78 is 0. The maximum Gasteiger partial charge on any atom is -0.00366 e. The molecular weight excluding hydrogens is 158 g/mol. The van der Waals surface area contributed by atoms with Crippen LogP contribution in [0.4, 0.5) is 0 Å². The molecule has 0 bridgehead atoms. The molecule has 0 aliphatic heterocycles. The monoisotopic (exact) mass is 177 g/mol. The maximum absolute atomic E-state index is 5.57. The summed E-state index contributed by atoms with van der Waals surface area (Å²) >= 11 is 0. The van der Waals surface area contributed by atoms with Crippen LogP contribution in [0.1, 0.15) is 27.8 Å². The second-order valence-electron chi connectivity index (χ2n) is 3.77. The molecule has 0 aliphatic rings. The molecule has 13 heavy (non-hydrogen) atoms. The van der Waals surface area contributed by atoms with Crippen molar-refractivity contribution >= 4 is 0 Å². The average molecular weight is 177 g/mol.